The van der Waals surface area contributed by atoms with Crippen LogP contribution in [0.1, 0.15) is 12.5 Å². The van der Waals surface area contributed by atoms with E-state index in [1.807, 2.05) is 0 Å². The molecule has 3 rings (SSSR count). The molecule has 33 heavy (non-hydrogen) atoms. The van der Waals surface area contributed by atoms with E-state index in [0.717, 1.165) is 12.1 Å². The van der Waals surface area contributed by atoms with Crippen LogP contribution in [0.5, 0.6) is 6.01 Å². The summed E-state index contributed by atoms with van der Waals surface area (Å²) in [4.78, 5) is 4.29. The summed E-state index contributed by atoms with van der Waals surface area (Å²) in [5.74, 6) is 0.208. The summed E-state index contributed by atoms with van der Waals surface area (Å²) in [6, 6.07) is 12.0. The summed E-state index contributed by atoms with van der Waals surface area (Å²) in [5.41, 5.74) is 0.703. The van der Waals surface area contributed by atoms with Gasteiger partial charge in [0.1, 0.15) is 0 Å². The van der Waals surface area contributed by atoms with Crippen molar-refractivity contribution in [2.75, 3.05) is 31.7 Å². The Morgan fingerprint density at radius 2 is 2.00 bits per heavy atom. The highest BCUT2D eigenvalue weighted by Crippen LogP contribution is 2.33. The Kier molecular flexibility index (Phi) is 8.07. The van der Waals surface area contributed by atoms with E-state index in [2.05, 4.69) is 22.0 Å². The number of nitrogens with one attached hydrogen (secondary N) is 1. The van der Waals surface area contributed by atoms with Crippen molar-refractivity contribution in [1.29, 1.82) is 0 Å². The third-order valence-electron chi connectivity index (χ3n) is 4.49. The molecule has 0 radical (unpaired) electrons. The Balaban J connectivity index is 1.89. The molecule has 1 aromatic heterocycles. The fourth-order valence-electron chi connectivity index (χ4n) is 3.01. The third kappa shape index (κ3) is 6.56. The molecule has 2 aromatic carbocycles. The van der Waals surface area contributed by atoms with Crippen LogP contribution in [-0.2, 0) is 10.9 Å². The first kappa shape index (κ1) is 24.3. The van der Waals surface area contributed by atoms with Crippen molar-refractivity contribution < 1.29 is 27.8 Å². The molecule has 10 heteroatoms. The van der Waals surface area contributed by atoms with Gasteiger partial charge < -0.3 is 19.9 Å². The summed E-state index contributed by atoms with van der Waals surface area (Å²) in [6.45, 7) is 6.35. The number of halogens is 3. The third-order valence-corrected chi connectivity index (χ3v) is 4.49. The molecule has 0 saturated heterocycles. The maximum Gasteiger partial charge on any atom is 0.416 e. The minimum atomic E-state index is -4.48. The average Bonchev–Trinajstić information content (AvgIpc) is 3.22. The highest BCUT2D eigenvalue weighted by molar-refractivity contribution is 5.61. The number of ether oxygens (including phenoxy) is 2. The number of anilines is 1. The van der Waals surface area contributed by atoms with E-state index in [1.54, 1.807) is 37.3 Å². The van der Waals surface area contributed by atoms with Crippen LogP contribution < -0.4 is 10.1 Å². The molecule has 176 valence electrons. The molecule has 0 aliphatic carbocycles. The number of benzene rings is 2. The lowest BCUT2D eigenvalue weighted by Gasteiger charge is -2.14. The molecule has 7 nitrogen and oxygen atoms in total. The van der Waals surface area contributed by atoms with E-state index in [4.69, 9.17) is 9.47 Å². The highest BCUT2D eigenvalue weighted by Gasteiger charge is 2.31. The van der Waals surface area contributed by atoms with Crippen LogP contribution in [0.25, 0.3) is 17.1 Å². The van der Waals surface area contributed by atoms with Crippen molar-refractivity contribution in [2.24, 2.45) is 0 Å². The quantitative estimate of drug-likeness (QED) is 0.326. The van der Waals surface area contributed by atoms with Crippen molar-refractivity contribution >= 4 is 5.69 Å². The van der Waals surface area contributed by atoms with Gasteiger partial charge in [-0.05, 0) is 37.3 Å². The Morgan fingerprint density at radius 3 is 2.73 bits per heavy atom. The standard InChI is InChI=1S/C23H25F3N4O3/c1-3-11-32-15-20(31)14-27-18-9-6-10-19(13-18)30-21(28-22(29-30)33-4-2)16-7-5-8-17(12-16)23(24,25)26/h3,5-10,12-13,20,27,31H,1,4,11,14-15H2,2H3/t20-/m0/s1. The first-order valence-corrected chi connectivity index (χ1v) is 10.3. The number of aliphatic hydroxyl groups excluding tert-OH is 1. The zero-order valence-electron chi connectivity index (χ0n) is 18.0. The van der Waals surface area contributed by atoms with Gasteiger partial charge in [-0.25, -0.2) is 4.68 Å². The smallest absolute Gasteiger partial charge is 0.416 e. The van der Waals surface area contributed by atoms with Crippen LogP contribution in [0.2, 0.25) is 0 Å². The van der Waals surface area contributed by atoms with E-state index in [0.29, 0.717) is 24.6 Å². The largest absolute Gasteiger partial charge is 0.463 e. The predicted octanol–water partition coefficient (Wildman–Crippen LogP) is 4.33. The van der Waals surface area contributed by atoms with Crippen molar-refractivity contribution in [3.05, 3.63) is 66.7 Å². The minimum Gasteiger partial charge on any atom is -0.463 e. The lowest BCUT2D eigenvalue weighted by atomic mass is 10.1. The molecule has 0 bridgehead atoms. The second-order valence-corrected chi connectivity index (χ2v) is 7.05. The van der Waals surface area contributed by atoms with Gasteiger partial charge in [-0.2, -0.15) is 18.2 Å². The van der Waals surface area contributed by atoms with Gasteiger partial charge in [-0.1, -0.05) is 24.3 Å². The van der Waals surface area contributed by atoms with E-state index in [-0.39, 0.29) is 30.5 Å². The molecule has 0 aliphatic heterocycles. The van der Waals surface area contributed by atoms with Crippen LogP contribution in [-0.4, -0.2) is 52.3 Å². The Labute approximate surface area is 189 Å². The second kappa shape index (κ2) is 11.0. The molecular weight excluding hydrogens is 437 g/mol. The van der Waals surface area contributed by atoms with Gasteiger partial charge in [0.25, 0.3) is 0 Å². The average molecular weight is 462 g/mol. The fourth-order valence-corrected chi connectivity index (χ4v) is 3.01. The van der Waals surface area contributed by atoms with Crippen LogP contribution in [0.4, 0.5) is 18.9 Å². The SMILES string of the molecule is C=CCOC[C@@H](O)CNc1cccc(-n2nc(OCC)nc2-c2cccc(C(F)(F)F)c2)c1. The van der Waals surface area contributed by atoms with Crippen LogP contribution >= 0.6 is 0 Å². The normalized spacial score (nSPS) is 12.4. The van der Waals surface area contributed by atoms with Crippen LogP contribution in [0, 0.1) is 0 Å². The van der Waals surface area contributed by atoms with Crippen molar-refractivity contribution in [2.45, 2.75) is 19.2 Å². The summed E-state index contributed by atoms with van der Waals surface area (Å²) in [7, 11) is 0. The fraction of sp³-hybridized carbons (Fsp3) is 0.304. The summed E-state index contributed by atoms with van der Waals surface area (Å²) < 4.78 is 51.7. The molecule has 0 amide bonds. The van der Waals surface area contributed by atoms with E-state index >= 15 is 0 Å². The monoisotopic (exact) mass is 462 g/mol. The van der Waals surface area contributed by atoms with E-state index in [9.17, 15) is 18.3 Å². The van der Waals surface area contributed by atoms with Gasteiger partial charge >= 0.3 is 12.2 Å². The minimum absolute atomic E-state index is 0.0538. The lowest BCUT2D eigenvalue weighted by molar-refractivity contribution is -0.137. The molecular formula is C23H25F3N4O3. The number of alkyl halides is 3. The Morgan fingerprint density at radius 1 is 1.21 bits per heavy atom. The van der Waals surface area contributed by atoms with Crippen LogP contribution in [0.3, 0.4) is 0 Å². The molecule has 0 aliphatic rings. The van der Waals surface area contributed by atoms with Crippen molar-refractivity contribution in [1.82, 2.24) is 14.8 Å². The topological polar surface area (TPSA) is 81.4 Å². The second-order valence-electron chi connectivity index (χ2n) is 7.05. The van der Waals surface area contributed by atoms with Gasteiger partial charge in [-0.15, -0.1) is 11.7 Å². The summed E-state index contributed by atoms with van der Waals surface area (Å²) in [5, 5.41) is 17.4. The number of hydrogen-bond donors (Lipinski definition) is 2. The molecule has 0 saturated carbocycles. The molecule has 0 spiro atoms. The molecule has 3 aromatic rings. The maximum absolute atomic E-state index is 13.2. The zero-order valence-corrected chi connectivity index (χ0v) is 18.0. The lowest BCUT2D eigenvalue weighted by Crippen LogP contribution is -2.24. The maximum atomic E-state index is 13.2. The summed E-state index contributed by atoms with van der Waals surface area (Å²) >= 11 is 0. The number of aliphatic hydroxyl groups is 1. The first-order chi connectivity index (χ1) is 15.8. The van der Waals surface area contributed by atoms with Gasteiger partial charge in [0.2, 0.25) is 0 Å². The summed E-state index contributed by atoms with van der Waals surface area (Å²) in [6.07, 6.45) is -3.62. The van der Waals surface area contributed by atoms with Gasteiger partial charge in [-0.3, -0.25) is 0 Å². The van der Waals surface area contributed by atoms with Crippen LogP contribution in [0.15, 0.2) is 61.2 Å². The van der Waals surface area contributed by atoms with E-state index < -0.39 is 17.8 Å². The number of nitrogens with zero attached hydrogens (tertiary/aromatic N) is 3. The Hall–Kier alpha value is -3.37. The Bertz CT molecular complexity index is 1070. The van der Waals surface area contributed by atoms with E-state index in [1.165, 1.54) is 16.8 Å². The molecule has 1 heterocycles. The molecule has 0 unspecified atom stereocenters. The molecule has 2 N–H and O–H groups in total. The van der Waals surface area contributed by atoms with Gasteiger partial charge in [0.15, 0.2) is 5.82 Å². The zero-order chi connectivity index (χ0) is 23.8. The van der Waals surface area contributed by atoms with Gasteiger partial charge in [0, 0.05) is 17.8 Å². The van der Waals surface area contributed by atoms with Crippen molar-refractivity contribution in [3.63, 3.8) is 0 Å². The number of rotatable bonds is 11. The van der Waals surface area contributed by atoms with Crippen molar-refractivity contribution in [3.8, 4) is 23.1 Å². The number of hydrogen-bond acceptors (Lipinski definition) is 6. The predicted molar refractivity (Wildman–Crippen MR) is 118 cm³/mol. The number of aromatic nitrogens is 3. The highest BCUT2D eigenvalue weighted by atomic mass is 19.4. The molecule has 0 fully saturated rings. The van der Waals surface area contributed by atoms with Gasteiger partial charge in [0.05, 0.1) is 37.2 Å². The molecule has 1 atom stereocenters. The first-order valence-electron chi connectivity index (χ1n) is 10.3.